The highest BCUT2D eigenvalue weighted by Gasteiger charge is 2.22. The molecule has 1 rings (SSSR count). The van der Waals surface area contributed by atoms with Crippen molar-refractivity contribution in [3.05, 3.63) is 11.6 Å². The number of hydrogen-bond donors (Lipinski definition) is 1. The molecule has 2 heteroatoms. The first kappa shape index (κ1) is 10.7. The maximum Gasteiger partial charge on any atom is 0.0386 e. The third-order valence-electron chi connectivity index (χ3n) is 2.82. The highest BCUT2D eigenvalue weighted by molar-refractivity contribution is 5.17. The summed E-state index contributed by atoms with van der Waals surface area (Å²) in [6, 6.07) is 0.854. The largest absolute Gasteiger partial charge is 0.323 e. The van der Waals surface area contributed by atoms with Crippen LogP contribution < -0.4 is 5.73 Å². The van der Waals surface area contributed by atoms with E-state index < -0.39 is 0 Å². The lowest BCUT2D eigenvalue weighted by Crippen LogP contribution is -2.46. The molecule has 0 aliphatic carbocycles. The molecule has 0 saturated heterocycles. The molecule has 2 N–H and O–H groups in total. The second kappa shape index (κ2) is 4.25. The minimum atomic E-state index is 0.246. The van der Waals surface area contributed by atoms with Gasteiger partial charge in [-0.3, -0.25) is 4.90 Å². The van der Waals surface area contributed by atoms with Gasteiger partial charge < -0.3 is 5.73 Å². The van der Waals surface area contributed by atoms with Gasteiger partial charge in [0.25, 0.3) is 0 Å². The minimum Gasteiger partial charge on any atom is -0.323 e. The fourth-order valence-electron chi connectivity index (χ4n) is 1.89. The Labute approximate surface area is 81.8 Å². The molecule has 0 aromatic rings. The van der Waals surface area contributed by atoms with Crippen molar-refractivity contribution in [3.8, 4) is 0 Å². The van der Waals surface area contributed by atoms with Crippen LogP contribution in [0.25, 0.3) is 0 Å². The Kier molecular flexibility index (Phi) is 3.51. The third-order valence-corrected chi connectivity index (χ3v) is 2.82. The van der Waals surface area contributed by atoms with Gasteiger partial charge in [0.15, 0.2) is 0 Å². The SMILES string of the molecule is CC(C)C1=CCN(C(C)C)CC1N. The molecule has 0 bridgehead atoms. The van der Waals surface area contributed by atoms with Crippen LogP contribution in [0.3, 0.4) is 0 Å². The summed E-state index contributed by atoms with van der Waals surface area (Å²) in [6.45, 7) is 11.0. The molecule has 76 valence electrons. The van der Waals surface area contributed by atoms with Crippen LogP contribution in [0.1, 0.15) is 27.7 Å². The van der Waals surface area contributed by atoms with Crippen LogP contribution in [0.2, 0.25) is 0 Å². The molecule has 1 unspecified atom stereocenters. The van der Waals surface area contributed by atoms with E-state index in [1.807, 2.05) is 0 Å². The first-order valence-electron chi connectivity index (χ1n) is 5.22. The predicted molar refractivity (Wildman–Crippen MR) is 57.6 cm³/mol. The molecular formula is C11H22N2. The van der Waals surface area contributed by atoms with Crippen LogP contribution in [0.4, 0.5) is 0 Å². The Morgan fingerprint density at radius 3 is 2.38 bits per heavy atom. The van der Waals surface area contributed by atoms with Gasteiger partial charge in [0, 0.05) is 25.2 Å². The van der Waals surface area contributed by atoms with E-state index in [-0.39, 0.29) is 6.04 Å². The van der Waals surface area contributed by atoms with Crippen molar-refractivity contribution in [2.75, 3.05) is 13.1 Å². The molecule has 0 aromatic heterocycles. The van der Waals surface area contributed by atoms with Gasteiger partial charge in [-0.05, 0) is 19.8 Å². The predicted octanol–water partition coefficient (Wildman–Crippen LogP) is 1.62. The number of rotatable bonds is 2. The molecule has 0 fully saturated rings. The van der Waals surface area contributed by atoms with Gasteiger partial charge in [0.05, 0.1) is 0 Å². The van der Waals surface area contributed by atoms with E-state index in [1.54, 1.807) is 0 Å². The summed E-state index contributed by atoms with van der Waals surface area (Å²) < 4.78 is 0. The van der Waals surface area contributed by atoms with Crippen LogP contribution in [0.15, 0.2) is 11.6 Å². The van der Waals surface area contributed by atoms with Crippen molar-refractivity contribution < 1.29 is 0 Å². The van der Waals surface area contributed by atoms with Crippen LogP contribution >= 0.6 is 0 Å². The summed E-state index contributed by atoms with van der Waals surface area (Å²) in [7, 11) is 0. The van der Waals surface area contributed by atoms with Crippen molar-refractivity contribution in [2.24, 2.45) is 11.7 Å². The maximum atomic E-state index is 6.10. The number of nitrogens with two attached hydrogens (primary N) is 1. The topological polar surface area (TPSA) is 29.3 Å². The molecule has 0 saturated carbocycles. The summed E-state index contributed by atoms with van der Waals surface area (Å²) in [6.07, 6.45) is 2.30. The van der Waals surface area contributed by atoms with E-state index in [2.05, 4.69) is 38.7 Å². The summed E-state index contributed by atoms with van der Waals surface area (Å²) in [5.74, 6) is 0.601. The maximum absolute atomic E-state index is 6.10. The van der Waals surface area contributed by atoms with Crippen molar-refractivity contribution in [1.82, 2.24) is 4.90 Å². The molecule has 13 heavy (non-hydrogen) atoms. The van der Waals surface area contributed by atoms with Gasteiger partial charge >= 0.3 is 0 Å². The summed E-state index contributed by atoms with van der Waals surface area (Å²) in [4.78, 5) is 2.41. The highest BCUT2D eigenvalue weighted by Crippen LogP contribution is 2.19. The quantitative estimate of drug-likeness (QED) is 0.658. The Bertz CT molecular complexity index is 194. The van der Waals surface area contributed by atoms with Crippen molar-refractivity contribution >= 4 is 0 Å². The van der Waals surface area contributed by atoms with Crippen LogP contribution in [-0.4, -0.2) is 30.1 Å². The van der Waals surface area contributed by atoms with Crippen LogP contribution in [-0.2, 0) is 0 Å². The van der Waals surface area contributed by atoms with Gasteiger partial charge in [0.2, 0.25) is 0 Å². The second-order valence-corrected chi connectivity index (χ2v) is 4.51. The molecule has 2 nitrogen and oxygen atoms in total. The molecule has 1 heterocycles. The van der Waals surface area contributed by atoms with E-state index in [0.717, 1.165) is 13.1 Å². The van der Waals surface area contributed by atoms with E-state index in [1.165, 1.54) is 5.57 Å². The fraction of sp³-hybridized carbons (Fsp3) is 0.818. The molecule has 1 aliphatic rings. The van der Waals surface area contributed by atoms with Crippen molar-refractivity contribution in [3.63, 3.8) is 0 Å². The highest BCUT2D eigenvalue weighted by atomic mass is 15.2. The smallest absolute Gasteiger partial charge is 0.0386 e. The number of hydrogen-bond acceptors (Lipinski definition) is 2. The zero-order valence-electron chi connectivity index (χ0n) is 9.25. The monoisotopic (exact) mass is 182 g/mol. The molecule has 0 spiro atoms. The van der Waals surface area contributed by atoms with E-state index in [4.69, 9.17) is 5.73 Å². The van der Waals surface area contributed by atoms with E-state index in [0.29, 0.717) is 12.0 Å². The molecule has 0 amide bonds. The first-order chi connectivity index (χ1) is 6.02. The molecule has 1 atom stereocenters. The van der Waals surface area contributed by atoms with Gasteiger partial charge in [-0.1, -0.05) is 25.5 Å². The lowest BCUT2D eigenvalue weighted by Gasteiger charge is -2.34. The standard InChI is InChI=1S/C11H22N2/c1-8(2)10-5-6-13(9(3)4)7-11(10)12/h5,8-9,11H,6-7,12H2,1-4H3. The lowest BCUT2D eigenvalue weighted by molar-refractivity contribution is 0.222. The van der Waals surface area contributed by atoms with Gasteiger partial charge in [-0.2, -0.15) is 0 Å². The van der Waals surface area contributed by atoms with Crippen molar-refractivity contribution in [2.45, 2.75) is 39.8 Å². The Morgan fingerprint density at radius 2 is 2.00 bits per heavy atom. The first-order valence-corrected chi connectivity index (χ1v) is 5.22. The number of nitrogens with zero attached hydrogens (tertiary/aromatic N) is 1. The molecular weight excluding hydrogens is 160 g/mol. The minimum absolute atomic E-state index is 0.246. The zero-order valence-corrected chi connectivity index (χ0v) is 9.25. The average molecular weight is 182 g/mol. The van der Waals surface area contributed by atoms with Gasteiger partial charge in [0.1, 0.15) is 0 Å². The Balaban J connectivity index is 2.64. The third kappa shape index (κ3) is 2.55. The lowest BCUT2D eigenvalue weighted by atomic mass is 9.92. The normalized spacial score (nSPS) is 25.5. The average Bonchev–Trinajstić information content (AvgIpc) is 2.03. The van der Waals surface area contributed by atoms with Crippen molar-refractivity contribution in [1.29, 1.82) is 0 Å². The second-order valence-electron chi connectivity index (χ2n) is 4.51. The molecule has 0 aromatic carbocycles. The Morgan fingerprint density at radius 1 is 1.38 bits per heavy atom. The zero-order chi connectivity index (χ0) is 10.0. The molecule has 0 radical (unpaired) electrons. The van der Waals surface area contributed by atoms with Gasteiger partial charge in [-0.15, -0.1) is 0 Å². The summed E-state index contributed by atoms with van der Waals surface area (Å²) in [5, 5.41) is 0. The van der Waals surface area contributed by atoms with Crippen LogP contribution in [0, 0.1) is 5.92 Å². The Hall–Kier alpha value is -0.340. The van der Waals surface area contributed by atoms with E-state index >= 15 is 0 Å². The summed E-state index contributed by atoms with van der Waals surface area (Å²) in [5.41, 5.74) is 7.53. The van der Waals surface area contributed by atoms with Crippen LogP contribution in [0.5, 0.6) is 0 Å². The molecule has 1 aliphatic heterocycles. The van der Waals surface area contributed by atoms with Gasteiger partial charge in [-0.25, -0.2) is 0 Å². The fourth-order valence-corrected chi connectivity index (χ4v) is 1.89. The van der Waals surface area contributed by atoms with E-state index in [9.17, 15) is 0 Å². The summed E-state index contributed by atoms with van der Waals surface area (Å²) >= 11 is 0.